The lowest BCUT2D eigenvalue weighted by Gasteiger charge is -2.12. The van der Waals surface area contributed by atoms with Gasteiger partial charge in [0.05, 0.1) is 12.6 Å². The Morgan fingerprint density at radius 3 is 2.42 bits per heavy atom. The second-order valence-corrected chi connectivity index (χ2v) is 6.86. The van der Waals surface area contributed by atoms with Crippen molar-refractivity contribution in [3.63, 3.8) is 0 Å². The topological polar surface area (TPSA) is 86.0 Å². The number of benzene rings is 3. The molecule has 0 atom stereocenters. The van der Waals surface area contributed by atoms with E-state index in [1.807, 2.05) is 78.9 Å². The SMILES string of the molecule is COc1ccccc1CNc1nc(-c2nnc(-c3ccccc3)o2)nc2ccccc12. The quantitative estimate of drug-likeness (QED) is 0.424. The van der Waals surface area contributed by atoms with Crippen molar-refractivity contribution >= 4 is 16.7 Å². The number of para-hydroxylation sites is 2. The largest absolute Gasteiger partial charge is 0.496 e. The van der Waals surface area contributed by atoms with Gasteiger partial charge in [-0.15, -0.1) is 10.2 Å². The molecule has 0 saturated heterocycles. The molecule has 0 aliphatic carbocycles. The summed E-state index contributed by atoms with van der Waals surface area (Å²) in [7, 11) is 1.66. The first-order valence-electron chi connectivity index (χ1n) is 9.83. The molecule has 0 radical (unpaired) electrons. The number of fused-ring (bicyclic) bond motifs is 1. The molecule has 0 spiro atoms. The van der Waals surface area contributed by atoms with E-state index in [-0.39, 0.29) is 5.89 Å². The van der Waals surface area contributed by atoms with Crippen molar-refractivity contribution in [3.8, 4) is 28.9 Å². The van der Waals surface area contributed by atoms with Crippen molar-refractivity contribution in [2.75, 3.05) is 12.4 Å². The zero-order valence-electron chi connectivity index (χ0n) is 16.8. The van der Waals surface area contributed by atoms with Crippen LogP contribution in [0.1, 0.15) is 5.56 Å². The molecule has 1 N–H and O–H groups in total. The van der Waals surface area contributed by atoms with Gasteiger partial charge in [0.15, 0.2) is 0 Å². The van der Waals surface area contributed by atoms with Gasteiger partial charge in [-0.3, -0.25) is 0 Å². The number of hydrogen-bond acceptors (Lipinski definition) is 7. The molecule has 0 saturated carbocycles. The van der Waals surface area contributed by atoms with Crippen LogP contribution in [0.4, 0.5) is 5.82 Å². The highest BCUT2D eigenvalue weighted by Gasteiger charge is 2.16. The molecule has 0 aliphatic rings. The van der Waals surface area contributed by atoms with Crippen molar-refractivity contribution in [1.82, 2.24) is 20.2 Å². The molecule has 7 heteroatoms. The van der Waals surface area contributed by atoms with Crippen molar-refractivity contribution < 1.29 is 9.15 Å². The van der Waals surface area contributed by atoms with Crippen molar-refractivity contribution in [2.45, 2.75) is 6.54 Å². The summed E-state index contributed by atoms with van der Waals surface area (Å²) in [6.45, 7) is 0.545. The summed E-state index contributed by atoms with van der Waals surface area (Å²) >= 11 is 0. The molecular formula is C24H19N5O2. The van der Waals surface area contributed by atoms with E-state index in [0.29, 0.717) is 24.1 Å². The fourth-order valence-corrected chi connectivity index (χ4v) is 3.35. The van der Waals surface area contributed by atoms with E-state index in [0.717, 1.165) is 27.8 Å². The van der Waals surface area contributed by atoms with Gasteiger partial charge in [0.2, 0.25) is 11.7 Å². The molecule has 0 aliphatic heterocycles. The predicted molar refractivity (Wildman–Crippen MR) is 119 cm³/mol. The van der Waals surface area contributed by atoms with Crippen LogP contribution in [-0.2, 0) is 6.54 Å². The van der Waals surface area contributed by atoms with E-state index in [1.165, 1.54) is 0 Å². The number of ether oxygens (including phenoxy) is 1. The van der Waals surface area contributed by atoms with Crippen LogP contribution in [0.25, 0.3) is 34.1 Å². The molecule has 5 rings (SSSR count). The first-order chi connectivity index (χ1) is 15.3. The molecule has 0 amide bonds. The highest BCUT2D eigenvalue weighted by atomic mass is 16.5. The molecule has 7 nitrogen and oxygen atoms in total. The lowest BCUT2D eigenvalue weighted by Crippen LogP contribution is -2.05. The average molecular weight is 409 g/mol. The molecule has 0 unspecified atom stereocenters. The first kappa shape index (κ1) is 18.7. The molecular weight excluding hydrogens is 390 g/mol. The van der Waals surface area contributed by atoms with E-state index in [2.05, 4.69) is 25.5 Å². The Kier molecular flexibility index (Phi) is 4.98. The van der Waals surface area contributed by atoms with Crippen molar-refractivity contribution in [2.24, 2.45) is 0 Å². The van der Waals surface area contributed by atoms with Gasteiger partial charge in [-0.1, -0.05) is 48.5 Å². The molecule has 3 aromatic carbocycles. The smallest absolute Gasteiger partial charge is 0.286 e. The van der Waals surface area contributed by atoms with Crippen LogP contribution in [-0.4, -0.2) is 27.3 Å². The van der Waals surface area contributed by atoms with E-state index in [1.54, 1.807) is 7.11 Å². The number of aromatic nitrogens is 4. The number of anilines is 1. The zero-order valence-corrected chi connectivity index (χ0v) is 16.8. The third kappa shape index (κ3) is 3.81. The summed E-state index contributed by atoms with van der Waals surface area (Å²) < 4.78 is 11.3. The zero-order chi connectivity index (χ0) is 21.0. The second-order valence-electron chi connectivity index (χ2n) is 6.86. The van der Waals surface area contributed by atoms with Crippen LogP contribution in [0.3, 0.4) is 0 Å². The number of methoxy groups -OCH3 is 1. The summed E-state index contributed by atoms with van der Waals surface area (Å²) in [6, 6.07) is 25.3. The van der Waals surface area contributed by atoms with Crippen molar-refractivity contribution in [1.29, 1.82) is 0 Å². The number of nitrogens with zero attached hydrogens (tertiary/aromatic N) is 4. The minimum atomic E-state index is 0.268. The maximum atomic E-state index is 5.86. The Morgan fingerprint density at radius 1 is 0.806 bits per heavy atom. The first-order valence-corrected chi connectivity index (χ1v) is 9.83. The fourth-order valence-electron chi connectivity index (χ4n) is 3.35. The van der Waals surface area contributed by atoms with Crippen LogP contribution in [0.15, 0.2) is 83.3 Å². The average Bonchev–Trinajstić information content (AvgIpc) is 3.33. The Bertz CT molecular complexity index is 1330. The van der Waals surface area contributed by atoms with E-state index in [4.69, 9.17) is 9.15 Å². The van der Waals surface area contributed by atoms with Crippen LogP contribution in [0.2, 0.25) is 0 Å². The predicted octanol–water partition coefficient (Wildman–Crippen LogP) is 4.97. The van der Waals surface area contributed by atoms with Gasteiger partial charge in [0, 0.05) is 23.1 Å². The molecule has 2 heterocycles. The molecule has 0 fully saturated rings. The van der Waals surface area contributed by atoms with Crippen LogP contribution < -0.4 is 10.1 Å². The van der Waals surface area contributed by atoms with Crippen LogP contribution in [0, 0.1) is 0 Å². The lowest BCUT2D eigenvalue weighted by molar-refractivity contribution is 0.410. The maximum absolute atomic E-state index is 5.86. The summed E-state index contributed by atoms with van der Waals surface area (Å²) in [4.78, 5) is 9.32. The highest BCUT2D eigenvalue weighted by Crippen LogP contribution is 2.27. The normalized spacial score (nSPS) is 10.9. The summed E-state index contributed by atoms with van der Waals surface area (Å²) in [5.41, 5.74) is 2.66. The summed E-state index contributed by atoms with van der Waals surface area (Å²) in [5.74, 6) is 2.57. The maximum Gasteiger partial charge on any atom is 0.286 e. The van der Waals surface area contributed by atoms with Gasteiger partial charge in [-0.2, -0.15) is 0 Å². The standard InChI is InChI=1S/C24H19N5O2/c1-30-20-14-8-5-11-17(20)15-25-21-18-12-6-7-13-19(18)26-22(27-21)24-29-28-23(31-24)16-9-3-2-4-10-16/h2-14H,15H2,1H3,(H,25,26,27). The Balaban J connectivity index is 1.51. The van der Waals surface area contributed by atoms with Gasteiger partial charge in [-0.05, 0) is 30.3 Å². The summed E-state index contributed by atoms with van der Waals surface area (Å²) in [6.07, 6.45) is 0. The number of rotatable bonds is 6. The van der Waals surface area contributed by atoms with Gasteiger partial charge in [0.25, 0.3) is 5.89 Å². The number of hydrogen-bond donors (Lipinski definition) is 1. The number of nitrogens with one attached hydrogen (secondary N) is 1. The third-order valence-electron chi connectivity index (χ3n) is 4.88. The van der Waals surface area contributed by atoms with Crippen LogP contribution >= 0.6 is 0 Å². The molecule has 31 heavy (non-hydrogen) atoms. The fraction of sp³-hybridized carbons (Fsp3) is 0.0833. The lowest BCUT2D eigenvalue weighted by atomic mass is 10.2. The molecule has 152 valence electrons. The Labute approximate surface area is 178 Å². The minimum absolute atomic E-state index is 0.268. The molecule has 2 aromatic heterocycles. The van der Waals surface area contributed by atoms with Gasteiger partial charge >= 0.3 is 0 Å². The Morgan fingerprint density at radius 2 is 1.55 bits per heavy atom. The minimum Gasteiger partial charge on any atom is -0.496 e. The van der Waals surface area contributed by atoms with Crippen molar-refractivity contribution in [3.05, 3.63) is 84.4 Å². The summed E-state index contributed by atoms with van der Waals surface area (Å²) in [5, 5.41) is 12.6. The molecule has 0 bridgehead atoms. The monoisotopic (exact) mass is 409 g/mol. The Hall–Kier alpha value is -4.26. The third-order valence-corrected chi connectivity index (χ3v) is 4.88. The van der Waals surface area contributed by atoms with E-state index >= 15 is 0 Å². The van der Waals surface area contributed by atoms with Crippen LogP contribution in [0.5, 0.6) is 5.75 Å². The highest BCUT2D eigenvalue weighted by molar-refractivity contribution is 5.90. The van der Waals surface area contributed by atoms with E-state index in [9.17, 15) is 0 Å². The van der Waals surface area contributed by atoms with Gasteiger partial charge in [0.1, 0.15) is 11.6 Å². The van der Waals surface area contributed by atoms with Gasteiger partial charge in [-0.25, -0.2) is 9.97 Å². The second kappa shape index (κ2) is 8.23. The van der Waals surface area contributed by atoms with Gasteiger partial charge < -0.3 is 14.5 Å². The van der Waals surface area contributed by atoms with E-state index < -0.39 is 0 Å². The molecule has 5 aromatic rings.